The molecule has 8 heteroatoms. The predicted molar refractivity (Wildman–Crippen MR) is 68.8 cm³/mol. The maximum atomic E-state index is 10.7. The van der Waals surface area contributed by atoms with Crippen molar-refractivity contribution in [1.82, 2.24) is 14.9 Å². The standard InChI is InChI=1S/C10H14ClN5O2/c1-12-10(15(3)16(17)18)14(2)7-8-4-5-9(11)13-6-8/h4-6H,7H2,1-3H3. The summed E-state index contributed by atoms with van der Waals surface area (Å²) in [4.78, 5) is 20.2. The van der Waals surface area contributed by atoms with E-state index in [0.29, 0.717) is 11.7 Å². The molecule has 0 amide bonds. The van der Waals surface area contributed by atoms with Crippen molar-refractivity contribution < 1.29 is 5.03 Å². The van der Waals surface area contributed by atoms with Crippen molar-refractivity contribution in [1.29, 1.82) is 0 Å². The van der Waals surface area contributed by atoms with Gasteiger partial charge in [-0.1, -0.05) is 22.7 Å². The fraction of sp³-hybridized carbons (Fsp3) is 0.400. The summed E-state index contributed by atoms with van der Waals surface area (Å²) in [5.41, 5.74) is 0.889. The highest BCUT2D eigenvalue weighted by molar-refractivity contribution is 6.29. The van der Waals surface area contributed by atoms with Crippen LogP contribution in [0.4, 0.5) is 0 Å². The molecule has 0 aromatic carbocycles. The Morgan fingerprint density at radius 3 is 2.67 bits per heavy atom. The molecule has 18 heavy (non-hydrogen) atoms. The summed E-state index contributed by atoms with van der Waals surface area (Å²) in [6.07, 6.45) is 1.62. The summed E-state index contributed by atoms with van der Waals surface area (Å²) < 4.78 is 0. The number of halogens is 1. The molecule has 0 saturated carbocycles. The van der Waals surface area contributed by atoms with Crippen LogP contribution in [0, 0.1) is 10.1 Å². The normalized spacial score (nSPS) is 11.2. The maximum Gasteiger partial charge on any atom is 0.259 e. The quantitative estimate of drug-likeness (QED) is 0.272. The third-order valence-electron chi connectivity index (χ3n) is 2.28. The van der Waals surface area contributed by atoms with Crippen molar-refractivity contribution in [3.8, 4) is 0 Å². The summed E-state index contributed by atoms with van der Waals surface area (Å²) in [6, 6.07) is 3.48. The third-order valence-corrected chi connectivity index (χ3v) is 2.51. The van der Waals surface area contributed by atoms with Crippen LogP contribution in [-0.2, 0) is 6.54 Å². The van der Waals surface area contributed by atoms with E-state index in [1.807, 2.05) is 6.07 Å². The molecule has 0 aliphatic heterocycles. The van der Waals surface area contributed by atoms with Crippen molar-refractivity contribution in [3.63, 3.8) is 0 Å². The summed E-state index contributed by atoms with van der Waals surface area (Å²) >= 11 is 5.68. The number of hydrogen-bond acceptors (Lipinski definition) is 4. The molecule has 0 radical (unpaired) electrons. The molecule has 1 heterocycles. The summed E-state index contributed by atoms with van der Waals surface area (Å²) in [5, 5.41) is 11.4. The van der Waals surface area contributed by atoms with Crippen LogP contribution in [0.5, 0.6) is 0 Å². The Labute approximate surface area is 110 Å². The van der Waals surface area contributed by atoms with Crippen molar-refractivity contribution in [2.45, 2.75) is 6.54 Å². The Morgan fingerprint density at radius 2 is 2.22 bits per heavy atom. The molecule has 0 fully saturated rings. The molecule has 0 saturated heterocycles. The lowest BCUT2D eigenvalue weighted by Crippen LogP contribution is -2.42. The van der Waals surface area contributed by atoms with E-state index in [4.69, 9.17) is 11.6 Å². The van der Waals surface area contributed by atoms with Crippen LogP contribution in [0.1, 0.15) is 5.56 Å². The average molecular weight is 272 g/mol. The molecule has 1 aromatic heterocycles. The Kier molecular flexibility index (Phi) is 4.85. The number of hydrogen-bond donors (Lipinski definition) is 0. The van der Waals surface area contributed by atoms with E-state index in [1.54, 1.807) is 24.2 Å². The Balaban J connectivity index is 2.77. The molecule has 0 bridgehead atoms. The lowest BCUT2D eigenvalue weighted by atomic mass is 10.3. The highest BCUT2D eigenvalue weighted by atomic mass is 35.5. The molecule has 98 valence electrons. The van der Waals surface area contributed by atoms with Gasteiger partial charge in [0, 0.05) is 26.8 Å². The van der Waals surface area contributed by atoms with Gasteiger partial charge in [0.25, 0.3) is 5.96 Å². The zero-order valence-corrected chi connectivity index (χ0v) is 11.1. The molecule has 1 aromatic rings. The number of nitro groups is 1. The maximum absolute atomic E-state index is 10.7. The van der Waals surface area contributed by atoms with E-state index in [-0.39, 0.29) is 5.96 Å². The second-order valence-electron chi connectivity index (χ2n) is 3.63. The second-order valence-corrected chi connectivity index (χ2v) is 4.02. The van der Waals surface area contributed by atoms with Crippen LogP contribution in [0.3, 0.4) is 0 Å². The number of nitrogens with zero attached hydrogens (tertiary/aromatic N) is 5. The fourth-order valence-corrected chi connectivity index (χ4v) is 1.59. The molecule has 0 aliphatic rings. The number of aromatic nitrogens is 1. The highest BCUT2D eigenvalue weighted by Crippen LogP contribution is 2.08. The average Bonchev–Trinajstić information content (AvgIpc) is 2.32. The number of guanidine groups is 1. The predicted octanol–water partition coefficient (Wildman–Crippen LogP) is 1.28. The van der Waals surface area contributed by atoms with Gasteiger partial charge in [-0.2, -0.15) is 0 Å². The minimum atomic E-state index is -0.529. The monoisotopic (exact) mass is 271 g/mol. The first-order valence-corrected chi connectivity index (χ1v) is 5.50. The molecule has 1 rings (SSSR count). The van der Waals surface area contributed by atoms with Gasteiger partial charge in [-0.05, 0) is 11.6 Å². The van der Waals surface area contributed by atoms with Gasteiger partial charge in [0.1, 0.15) is 5.15 Å². The minimum Gasteiger partial charge on any atom is -0.337 e. The first kappa shape index (κ1) is 14.2. The van der Waals surface area contributed by atoms with Crippen LogP contribution in [0.15, 0.2) is 23.3 Å². The second kappa shape index (κ2) is 6.15. The number of hydrazine groups is 1. The van der Waals surface area contributed by atoms with Crippen LogP contribution < -0.4 is 0 Å². The molecule has 0 spiro atoms. The van der Waals surface area contributed by atoms with Gasteiger partial charge in [-0.3, -0.25) is 4.99 Å². The SMILES string of the molecule is CN=C(N(C)Cc1ccc(Cl)nc1)N(C)[N+](=O)[O-]. The van der Waals surface area contributed by atoms with Crippen molar-refractivity contribution in [2.24, 2.45) is 4.99 Å². The first-order chi connectivity index (χ1) is 8.45. The Hall–Kier alpha value is -1.89. The summed E-state index contributed by atoms with van der Waals surface area (Å²) in [6.45, 7) is 0.453. The third kappa shape index (κ3) is 3.56. The first-order valence-electron chi connectivity index (χ1n) is 5.12. The highest BCUT2D eigenvalue weighted by Gasteiger charge is 2.19. The van der Waals surface area contributed by atoms with Gasteiger partial charge in [-0.25, -0.2) is 15.1 Å². The molecule has 0 N–H and O–H groups in total. The zero-order valence-electron chi connectivity index (χ0n) is 10.4. The van der Waals surface area contributed by atoms with E-state index < -0.39 is 5.03 Å². The van der Waals surface area contributed by atoms with Gasteiger partial charge in [-0.15, -0.1) is 0 Å². The molecular formula is C10H14ClN5O2. The van der Waals surface area contributed by atoms with Crippen LogP contribution >= 0.6 is 11.6 Å². The molecular weight excluding hydrogens is 258 g/mol. The number of rotatable bonds is 3. The van der Waals surface area contributed by atoms with E-state index in [1.165, 1.54) is 14.1 Å². The molecule has 7 nitrogen and oxygen atoms in total. The van der Waals surface area contributed by atoms with Gasteiger partial charge in [0.15, 0.2) is 5.03 Å². The van der Waals surface area contributed by atoms with Gasteiger partial charge in [0.05, 0.1) is 7.05 Å². The number of aliphatic imine (C=N–C) groups is 1. The van der Waals surface area contributed by atoms with E-state index in [0.717, 1.165) is 10.6 Å². The molecule has 0 atom stereocenters. The summed E-state index contributed by atoms with van der Waals surface area (Å²) in [7, 11) is 4.57. The van der Waals surface area contributed by atoms with Crippen molar-refractivity contribution >= 4 is 17.6 Å². The minimum absolute atomic E-state index is 0.259. The Morgan fingerprint density at radius 1 is 1.56 bits per heavy atom. The van der Waals surface area contributed by atoms with Gasteiger partial charge in [0.2, 0.25) is 0 Å². The van der Waals surface area contributed by atoms with Crippen molar-refractivity contribution in [3.05, 3.63) is 39.2 Å². The summed E-state index contributed by atoms with van der Waals surface area (Å²) in [5.74, 6) is 0.259. The topological polar surface area (TPSA) is 74.9 Å². The van der Waals surface area contributed by atoms with E-state index in [2.05, 4.69) is 9.98 Å². The zero-order chi connectivity index (χ0) is 13.7. The van der Waals surface area contributed by atoms with E-state index in [9.17, 15) is 10.1 Å². The smallest absolute Gasteiger partial charge is 0.259 e. The Bertz CT molecular complexity index is 448. The molecule has 0 unspecified atom stereocenters. The largest absolute Gasteiger partial charge is 0.337 e. The number of pyridine rings is 1. The van der Waals surface area contributed by atoms with Crippen LogP contribution in [0.2, 0.25) is 5.15 Å². The van der Waals surface area contributed by atoms with Gasteiger partial charge >= 0.3 is 0 Å². The van der Waals surface area contributed by atoms with Crippen LogP contribution in [-0.4, -0.2) is 47.0 Å². The molecule has 0 aliphatic carbocycles. The lowest BCUT2D eigenvalue weighted by Gasteiger charge is -2.22. The van der Waals surface area contributed by atoms with Gasteiger partial charge < -0.3 is 4.90 Å². The lowest BCUT2D eigenvalue weighted by molar-refractivity contribution is -0.624. The van der Waals surface area contributed by atoms with E-state index >= 15 is 0 Å². The van der Waals surface area contributed by atoms with Crippen molar-refractivity contribution in [2.75, 3.05) is 21.1 Å². The fourth-order valence-electron chi connectivity index (χ4n) is 1.48. The van der Waals surface area contributed by atoms with Crippen LogP contribution in [0.25, 0.3) is 0 Å².